The molecule has 2 aromatic rings. The zero-order valence-electron chi connectivity index (χ0n) is 18.0. The summed E-state index contributed by atoms with van der Waals surface area (Å²) in [6, 6.07) is 15.0. The molecular weight excluding hydrogens is 376 g/mol. The van der Waals surface area contributed by atoms with Crippen LogP contribution in [0.25, 0.3) is 0 Å². The van der Waals surface area contributed by atoms with Crippen molar-refractivity contribution in [2.24, 2.45) is 5.41 Å². The molecule has 2 aliphatic rings. The van der Waals surface area contributed by atoms with E-state index in [1.165, 1.54) is 0 Å². The SMILES string of the molecule is CCC(=O)N1c2ccccc2NC2=C(C(=O)CC(C)(C)C2)C1c1cccc(OC)c1. The first-order chi connectivity index (χ1) is 14.3. The van der Waals surface area contributed by atoms with Gasteiger partial charge in [-0.2, -0.15) is 0 Å². The molecule has 1 atom stereocenters. The number of para-hydroxylation sites is 2. The number of anilines is 2. The van der Waals surface area contributed by atoms with E-state index in [9.17, 15) is 9.59 Å². The fourth-order valence-corrected chi connectivity index (χ4v) is 4.56. The lowest BCUT2D eigenvalue weighted by Gasteiger charge is -2.37. The number of amides is 1. The molecule has 0 fully saturated rings. The highest BCUT2D eigenvalue weighted by Crippen LogP contribution is 2.48. The molecule has 0 bridgehead atoms. The Labute approximate surface area is 177 Å². The minimum Gasteiger partial charge on any atom is -0.497 e. The zero-order valence-corrected chi connectivity index (χ0v) is 18.0. The number of rotatable bonds is 3. The van der Waals surface area contributed by atoms with E-state index in [-0.39, 0.29) is 17.1 Å². The quantitative estimate of drug-likeness (QED) is 0.759. The minimum absolute atomic E-state index is 0.0246. The van der Waals surface area contributed by atoms with Crippen LogP contribution in [0.4, 0.5) is 11.4 Å². The Morgan fingerprint density at radius 2 is 1.93 bits per heavy atom. The maximum absolute atomic E-state index is 13.5. The second-order valence-corrected chi connectivity index (χ2v) is 8.77. The number of benzene rings is 2. The van der Waals surface area contributed by atoms with Crippen molar-refractivity contribution in [3.8, 4) is 5.75 Å². The van der Waals surface area contributed by atoms with E-state index in [2.05, 4.69) is 19.2 Å². The highest BCUT2D eigenvalue weighted by atomic mass is 16.5. The largest absolute Gasteiger partial charge is 0.497 e. The number of carbonyl (C=O) groups is 2. The number of nitrogens with one attached hydrogen (secondary N) is 1. The predicted molar refractivity (Wildman–Crippen MR) is 119 cm³/mol. The van der Waals surface area contributed by atoms with Crippen LogP contribution in [0.3, 0.4) is 0 Å². The van der Waals surface area contributed by atoms with Crippen molar-refractivity contribution < 1.29 is 14.3 Å². The third kappa shape index (κ3) is 3.49. The number of hydrogen-bond donors (Lipinski definition) is 1. The highest BCUT2D eigenvalue weighted by Gasteiger charge is 2.42. The summed E-state index contributed by atoms with van der Waals surface area (Å²) in [5.41, 5.74) is 3.96. The van der Waals surface area contributed by atoms with Crippen LogP contribution in [-0.4, -0.2) is 18.8 Å². The van der Waals surface area contributed by atoms with Crippen LogP contribution in [-0.2, 0) is 9.59 Å². The molecule has 1 amide bonds. The first kappa shape index (κ1) is 20.2. The second kappa shape index (κ2) is 7.63. The van der Waals surface area contributed by atoms with Gasteiger partial charge in [-0.25, -0.2) is 0 Å². The summed E-state index contributed by atoms with van der Waals surface area (Å²) in [4.78, 5) is 28.5. The van der Waals surface area contributed by atoms with Gasteiger partial charge in [-0.1, -0.05) is 45.0 Å². The average molecular weight is 405 g/mol. The van der Waals surface area contributed by atoms with Gasteiger partial charge in [-0.05, 0) is 41.7 Å². The molecule has 5 heteroatoms. The fourth-order valence-electron chi connectivity index (χ4n) is 4.56. The minimum atomic E-state index is -0.498. The monoisotopic (exact) mass is 404 g/mol. The van der Waals surface area contributed by atoms with Crippen molar-refractivity contribution in [2.45, 2.75) is 46.1 Å². The molecule has 1 N–H and O–H groups in total. The summed E-state index contributed by atoms with van der Waals surface area (Å²) < 4.78 is 5.44. The smallest absolute Gasteiger partial charge is 0.227 e. The molecule has 0 radical (unpaired) electrons. The topological polar surface area (TPSA) is 58.6 Å². The van der Waals surface area contributed by atoms with E-state index in [0.29, 0.717) is 24.2 Å². The van der Waals surface area contributed by atoms with Gasteiger partial charge >= 0.3 is 0 Å². The molecule has 1 heterocycles. The number of Topliss-reactive ketones (excluding diaryl/α,β-unsaturated/α-hetero) is 1. The maximum atomic E-state index is 13.5. The summed E-state index contributed by atoms with van der Waals surface area (Å²) in [6.07, 6.45) is 1.55. The van der Waals surface area contributed by atoms with Crippen molar-refractivity contribution in [1.82, 2.24) is 0 Å². The maximum Gasteiger partial charge on any atom is 0.227 e. The molecule has 1 aliphatic carbocycles. The summed E-state index contributed by atoms with van der Waals surface area (Å²) in [5.74, 6) is 0.763. The van der Waals surface area contributed by atoms with Gasteiger partial charge in [0.2, 0.25) is 5.91 Å². The molecule has 30 heavy (non-hydrogen) atoms. The molecule has 1 aliphatic heterocycles. The lowest BCUT2D eigenvalue weighted by molar-refractivity contribution is -0.119. The van der Waals surface area contributed by atoms with E-state index in [1.54, 1.807) is 12.0 Å². The van der Waals surface area contributed by atoms with E-state index in [0.717, 1.165) is 29.1 Å². The fraction of sp³-hybridized carbons (Fsp3) is 0.360. The molecule has 4 rings (SSSR count). The van der Waals surface area contributed by atoms with Crippen molar-refractivity contribution in [1.29, 1.82) is 0 Å². The van der Waals surface area contributed by atoms with Crippen LogP contribution in [0, 0.1) is 5.41 Å². The Balaban J connectivity index is 2.01. The van der Waals surface area contributed by atoms with Crippen molar-refractivity contribution in [2.75, 3.05) is 17.3 Å². The van der Waals surface area contributed by atoms with Crippen molar-refractivity contribution in [3.63, 3.8) is 0 Å². The lowest BCUT2D eigenvalue weighted by atomic mass is 9.73. The van der Waals surface area contributed by atoms with Crippen LogP contribution in [0.1, 0.15) is 51.6 Å². The number of ketones is 1. The third-order valence-corrected chi connectivity index (χ3v) is 5.88. The summed E-state index contributed by atoms with van der Waals surface area (Å²) in [7, 11) is 1.62. The second-order valence-electron chi connectivity index (χ2n) is 8.77. The number of carbonyl (C=O) groups excluding carboxylic acids is 2. The van der Waals surface area contributed by atoms with E-state index < -0.39 is 6.04 Å². The van der Waals surface area contributed by atoms with Crippen LogP contribution in [0.15, 0.2) is 59.8 Å². The molecule has 1 unspecified atom stereocenters. The van der Waals surface area contributed by atoms with Crippen LogP contribution in [0.5, 0.6) is 5.75 Å². The summed E-state index contributed by atoms with van der Waals surface area (Å²) in [6.45, 7) is 6.08. The Hall–Kier alpha value is -3.08. The number of fused-ring (bicyclic) bond motifs is 1. The predicted octanol–water partition coefficient (Wildman–Crippen LogP) is 5.25. The Kier molecular flexibility index (Phi) is 5.14. The number of hydrogen-bond acceptors (Lipinski definition) is 4. The number of allylic oxidation sites excluding steroid dienone is 1. The molecule has 0 saturated carbocycles. The van der Waals surface area contributed by atoms with Crippen LogP contribution < -0.4 is 15.0 Å². The van der Waals surface area contributed by atoms with Gasteiger partial charge in [-0.3, -0.25) is 14.5 Å². The molecule has 0 aromatic heterocycles. The van der Waals surface area contributed by atoms with Gasteiger partial charge in [0.05, 0.1) is 24.5 Å². The van der Waals surface area contributed by atoms with Crippen LogP contribution in [0.2, 0.25) is 0 Å². The lowest BCUT2D eigenvalue weighted by Crippen LogP contribution is -2.39. The van der Waals surface area contributed by atoms with Crippen molar-refractivity contribution >= 4 is 23.1 Å². The molecular formula is C25H28N2O3. The van der Waals surface area contributed by atoms with E-state index >= 15 is 0 Å². The highest BCUT2D eigenvalue weighted by molar-refractivity contribution is 6.06. The Bertz CT molecular complexity index is 1040. The summed E-state index contributed by atoms with van der Waals surface area (Å²) in [5, 5.41) is 3.52. The van der Waals surface area contributed by atoms with E-state index in [4.69, 9.17) is 4.74 Å². The van der Waals surface area contributed by atoms with Crippen LogP contribution >= 0.6 is 0 Å². The van der Waals surface area contributed by atoms with Crippen molar-refractivity contribution in [3.05, 3.63) is 65.4 Å². The third-order valence-electron chi connectivity index (χ3n) is 5.88. The Morgan fingerprint density at radius 1 is 1.17 bits per heavy atom. The first-order valence-electron chi connectivity index (χ1n) is 10.4. The standard InChI is InChI=1S/C25H28N2O3/c1-5-22(29)27-20-12-7-6-11-18(20)26-19-14-25(2,3)15-21(28)23(19)24(27)16-9-8-10-17(13-16)30-4/h6-13,24,26H,5,14-15H2,1-4H3. The van der Waals surface area contributed by atoms with Gasteiger partial charge in [-0.15, -0.1) is 0 Å². The molecule has 0 saturated heterocycles. The number of nitrogens with zero attached hydrogens (tertiary/aromatic N) is 1. The average Bonchev–Trinajstić information content (AvgIpc) is 2.86. The van der Waals surface area contributed by atoms with E-state index in [1.807, 2.05) is 55.5 Å². The molecule has 156 valence electrons. The first-order valence-corrected chi connectivity index (χ1v) is 10.4. The zero-order chi connectivity index (χ0) is 21.5. The Morgan fingerprint density at radius 3 is 2.67 bits per heavy atom. The van der Waals surface area contributed by atoms with Gasteiger partial charge in [0.25, 0.3) is 0 Å². The number of ether oxygens (including phenoxy) is 1. The van der Waals surface area contributed by atoms with Gasteiger partial charge < -0.3 is 10.1 Å². The summed E-state index contributed by atoms with van der Waals surface area (Å²) >= 11 is 0. The molecule has 5 nitrogen and oxygen atoms in total. The number of methoxy groups -OCH3 is 1. The van der Waals surface area contributed by atoms with Gasteiger partial charge in [0.15, 0.2) is 5.78 Å². The van der Waals surface area contributed by atoms with Gasteiger partial charge in [0, 0.05) is 24.1 Å². The molecule has 0 spiro atoms. The van der Waals surface area contributed by atoms with Gasteiger partial charge in [0.1, 0.15) is 5.75 Å². The normalized spacial score (nSPS) is 20.1. The molecule has 2 aromatic carbocycles.